The van der Waals surface area contributed by atoms with Crippen molar-refractivity contribution in [2.45, 2.75) is 83.3 Å². The number of carbonyl (C=O) groups is 2. The summed E-state index contributed by atoms with van der Waals surface area (Å²) >= 11 is 0. The number of imide groups is 1. The molecule has 4 atom stereocenters. The number of hydrogen-bond acceptors (Lipinski definition) is 5. The van der Waals surface area contributed by atoms with E-state index in [1.807, 2.05) is 73.7 Å². The minimum atomic E-state index is -5.19. The summed E-state index contributed by atoms with van der Waals surface area (Å²) in [6.45, 7) is 8.36. The van der Waals surface area contributed by atoms with Crippen molar-refractivity contribution >= 4 is 42.3 Å². The number of hydrogen-bond donors (Lipinski definition) is 1. The SMILES string of the molecule is CCC/C(=C\c1ccc(O)c(F)c1)CC[C@H]1OC[C@H]2C1=C(CO[Si](c1ccccc1)(c1ccccc1)C(C)(C)C)C[C@H]1C(=O)N(c3cc(C(F)(F)F)cc(C(F)(F)F)c3)C(=O)[C@H]12. The summed E-state index contributed by atoms with van der Waals surface area (Å²) in [5.41, 5.74) is -1.06. The average Bonchev–Trinajstić information content (AvgIpc) is 3.75. The molecule has 0 unspecified atom stereocenters. The highest BCUT2D eigenvalue weighted by Gasteiger charge is 2.58. The van der Waals surface area contributed by atoms with Gasteiger partial charge < -0.3 is 14.3 Å². The van der Waals surface area contributed by atoms with Crippen LogP contribution in [0.5, 0.6) is 5.75 Å². The minimum Gasteiger partial charge on any atom is -0.505 e. The van der Waals surface area contributed by atoms with Crippen LogP contribution in [0, 0.1) is 23.6 Å². The lowest BCUT2D eigenvalue weighted by Crippen LogP contribution is -2.66. The van der Waals surface area contributed by atoms with E-state index in [0.29, 0.717) is 47.4 Å². The van der Waals surface area contributed by atoms with Gasteiger partial charge in [0.25, 0.3) is 8.32 Å². The fourth-order valence-electron chi connectivity index (χ4n) is 9.64. The third-order valence-electron chi connectivity index (χ3n) is 12.4. The molecule has 2 fully saturated rings. The predicted molar refractivity (Wildman–Crippen MR) is 225 cm³/mol. The van der Waals surface area contributed by atoms with E-state index >= 15 is 0 Å². The molecule has 2 amide bonds. The number of phenolic OH excluding ortho intramolecular Hbond substituents is 1. The van der Waals surface area contributed by atoms with Crippen LogP contribution in [0.25, 0.3) is 6.08 Å². The Morgan fingerprint density at radius 1 is 0.823 bits per heavy atom. The molecule has 7 rings (SSSR count). The number of rotatable bonds is 12. The summed E-state index contributed by atoms with van der Waals surface area (Å²) in [4.78, 5) is 29.3. The maximum Gasteiger partial charge on any atom is 0.416 e. The molecule has 14 heteroatoms. The fraction of sp³-hybridized carbons (Fsp3) is 0.375. The molecule has 0 radical (unpaired) electrons. The van der Waals surface area contributed by atoms with Crippen molar-refractivity contribution in [3.05, 3.63) is 136 Å². The third-order valence-corrected chi connectivity index (χ3v) is 17.3. The van der Waals surface area contributed by atoms with Crippen LogP contribution in [0.2, 0.25) is 5.04 Å². The van der Waals surface area contributed by atoms with Gasteiger partial charge in [0, 0.05) is 5.92 Å². The molecule has 1 aliphatic carbocycles. The van der Waals surface area contributed by atoms with Crippen LogP contribution in [0.15, 0.2) is 114 Å². The van der Waals surface area contributed by atoms with Crippen LogP contribution in [0.1, 0.15) is 76.5 Å². The standard InChI is InChI=1S/C48H48F7NO5Si/c1-5-12-29(21-30-17-19-40(57)39(49)22-30)18-20-41-42-31(27-61-62(46(2,3)4,35-13-8-6-9-14-35)36-15-10-7-11-16-36)23-37-43(38(42)28-60-41)45(59)56(44(37)58)34-25-32(47(50,51)52)24-33(26-34)48(53,54)55/h6-11,13-17,19,21-22,24-26,37-38,41,43,57H,5,12,18,20,23,27-28H2,1-4H3/b29-21+/t37-,38+,41-,43-/m1/s1. The van der Waals surface area contributed by atoms with Crippen LogP contribution >= 0.6 is 0 Å². The van der Waals surface area contributed by atoms with Crippen LogP contribution < -0.4 is 15.3 Å². The zero-order chi connectivity index (χ0) is 44.8. The summed E-state index contributed by atoms with van der Waals surface area (Å²) in [6, 6.07) is 24.7. The Bertz CT molecular complexity index is 2300. The van der Waals surface area contributed by atoms with Crippen molar-refractivity contribution in [3.8, 4) is 5.75 Å². The first-order chi connectivity index (χ1) is 29.2. The Labute approximate surface area is 357 Å². The lowest BCUT2D eigenvalue weighted by Gasteiger charge is -2.44. The molecule has 0 bridgehead atoms. The topological polar surface area (TPSA) is 76.1 Å². The van der Waals surface area contributed by atoms with Gasteiger partial charge in [-0.2, -0.15) is 26.3 Å². The van der Waals surface area contributed by atoms with Gasteiger partial charge in [0.2, 0.25) is 11.8 Å². The number of phenols is 1. The highest BCUT2D eigenvalue weighted by molar-refractivity contribution is 6.99. The zero-order valence-corrected chi connectivity index (χ0v) is 35.7. The van der Waals surface area contributed by atoms with Crippen molar-refractivity contribution in [1.82, 2.24) is 0 Å². The number of aromatic hydroxyl groups is 1. The second-order valence-electron chi connectivity index (χ2n) is 17.4. The van der Waals surface area contributed by atoms with E-state index in [1.165, 1.54) is 12.1 Å². The molecule has 0 spiro atoms. The Morgan fingerprint density at radius 3 is 1.95 bits per heavy atom. The van der Waals surface area contributed by atoms with E-state index < -0.39 is 89.8 Å². The van der Waals surface area contributed by atoms with Crippen LogP contribution in [0.3, 0.4) is 0 Å². The summed E-state index contributed by atoms with van der Waals surface area (Å²) < 4.78 is 112. The molecular weight excluding hydrogens is 832 g/mol. The zero-order valence-electron chi connectivity index (χ0n) is 34.7. The predicted octanol–water partition coefficient (Wildman–Crippen LogP) is 10.6. The Balaban J connectivity index is 1.31. The summed E-state index contributed by atoms with van der Waals surface area (Å²) in [5.74, 6) is -5.90. The third kappa shape index (κ3) is 8.65. The quantitative estimate of drug-likeness (QED) is 0.0664. The number of halogens is 7. The highest BCUT2D eigenvalue weighted by atomic mass is 28.4. The van der Waals surface area contributed by atoms with E-state index in [1.54, 1.807) is 6.07 Å². The van der Waals surface area contributed by atoms with Crippen LogP contribution in [-0.2, 0) is 31.1 Å². The van der Waals surface area contributed by atoms with Gasteiger partial charge in [-0.05, 0) is 88.1 Å². The van der Waals surface area contributed by atoms with Crippen molar-refractivity contribution in [2.75, 3.05) is 18.1 Å². The molecule has 1 N–H and O–H groups in total. The number of amides is 2. The molecule has 6 nitrogen and oxygen atoms in total. The van der Waals surface area contributed by atoms with Crippen molar-refractivity contribution in [3.63, 3.8) is 0 Å². The largest absolute Gasteiger partial charge is 0.505 e. The van der Waals surface area contributed by atoms with Gasteiger partial charge in [0.05, 0.1) is 48.0 Å². The molecule has 4 aromatic carbocycles. The van der Waals surface area contributed by atoms with Gasteiger partial charge in [-0.1, -0.05) is 112 Å². The van der Waals surface area contributed by atoms with Gasteiger partial charge in [-0.3, -0.25) is 9.59 Å². The first-order valence-electron chi connectivity index (χ1n) is 20.7. The number of alkyl halides is 6. The molecule has 62 heavy (non-hydrogen) atoms. The lowest BCUT2D eigenvalue weighted by atomic mass is 9.69. The Kier molecular flexibility index (Phi) is 12.5. The van der Waals surface area contributed by atoms with Gasteiger partial charge >= 0.3 is 12.4 Å². The maximum absolute atomic E-state index is 14.4. The van der Waals surface area contributed by atoms with E-state index in [0.717, 1.165) is 27.9 Å². The van der Waals surface area contributed by atoms with Crippen molar-refractivity contribution < 1.29 is 54.6 Å². The second kappa shape index (κ2) is 17.3. The first kappa shape index (κ1) is 45.0. The second-order valence-corrected chi connectivity index (χ2v) is 21.7. The van der Waals surface area contributed by atoms with Crippen molar-refractivity contribution in [2.24, 2.45) is 17.8 Å². The van der Waals surface area contributed by atoms with Gasteiger partial charge in [0.15, 0.2) is 11.6 Å². The molecule has 0 saturated carbocycles. The molecule has 328 valence electrons. The summed E-state index contributed by atoms with van der Waals surface area (Å²) in [6.07, 6.45) is -6.75. The normalized spacial score (nSPS) is 21.1. The highest BCUT2D eigenvalue weighted by Crippen LogP contribution is 2.52. The van der Waals surface area contributed by atoms with Crippen LogP contribution in [0.4, 0.5) is 36.4 Å². The number of nitrogens with zero attached hydrogens (tertiary/aromatic N) is 1. The minimum absolute atomic E-state index is 0.0108. The summed E-state index contributed by atoms with van der Waals surface area (Å²) in [7, 11) is -3.19. The Hall–Kier alpha value is -5.05. The molecule has 2 aliphatic heterocycles. The number of ether oxygens (including phenoxy) is 1. The molecular formula is C48H48F7NO5Si. The molecule has 2 saturated heterocycles. The smallest absolute Gasteiger partial charge is 0.416 e. The molecule has 0 aromatic heterocycles. The van der Waals surface area contributed by atoms with E-state index in [2.05, 4.69) is 20.8 Å². The molecule has 4 aromatic rings. The lowest BCUT2D eigenvalue weighted by molar-refractivity contribution is -0.143. The average molecular weight is 880 g/mol. The number of allylic oxidation sites excluding steroid dienone is 1. The van der Waals surface area contributed by atoms with Crippen LogP contribution in [-0.4, -0.2) is 44.6 Å². The number of fused-ring (bicyclic) bond motifs is 3. The van der Waals surface area contributed by atoms with Crippen molar-refractivity contribution in [1.29, 1.82) is 0 Å². The number of anilines is 1. The number of carbonyl (C=O) groups excluding carboxylic acids is 2. The molecule has 2 heterocycles. The van der Waals surface area contributed by atoms with Gasteiger partial charge in [0.1, 0.15) is 0 Å². The fourth-order valence-corrected chi connectivity index (χ4v) is 14.2. The van der Waals surface area contributed by atoms with Gasteiger partial charge in [-0.25, -0.2) is 9.29 Å². The van der Waals surface area contributed by atoms with E-state index in [9.17, 15) is 45.4 Å². The number of benzene rings is 4. The Morgan fingerprint density at radius 2 is 1.42 bits per heavy atom. The summed E-state index contributed by atoms with van der Waals surface area (Å²) in [5, 5.41) is 11.3. The van der Waals surface area contributed by atoms with E-state index in [4.69, 9.17) is 9.16 Å². The maximum atomic E-state index is 14.4. The monoisotopic (exact) mass is 879 g/mol. The van der Waals surface area contributed by atoms with Gasteiger partial charge in [-0.15, -0.1) is 0 Å². The van der Waals surface area contributed by atoms with E-state index in [-0.39, 0.29) is 25.7 Å². The first-order valence-corrected chi connectivity index (χ1v) is 22.6. The molecule has 3 aliphatic rings.